The number of urea groups is 1. The lowest BCUT2D eigenvalue weighted by Gasteiger charge is -2.33. The highest BCUT2D eigenvalue weighted by Gasteiger charge is 2.29. The monoisotopic (exact) mass is 339 g/mol. The molecular weight excluding hydrogens is 314 g/mol. The summed E-state index contributed by atoms with van der Waals surface area (Å²) in [7, 11) is 5.03. The van der Waals surface area contributed by atoms with E-state index in [0.717, 1.165) is 12.8 Å². The van der Waals surface area contributed by atoms with Crippen LogP contribution < -0.4 is 5.32 Å². The zero-order valence-corrected chi connectivity index (χ0v) is 14.4. The Morgan fingerprint density at radius 3 is 2.96 bits per heavy atom. The molecule has 1 N–H and O–H groups in total. The Morgan fingerprint density at radius 1 is 1.46 bits per heavy atom. The molecule has 0 saturated carbocycles. The van der Waals surface area contributed by atoms with Crippen LogP contribution in [0.5, 0.6) is 0 Å². The third-order valence-electron chi connectivity index (χ3n) is 3.90. The van der Waals surface area contributed by atoms with Crippen LogP contribution >= 0.6 is 0 Å². The van der Waals surface area contributed by atoms with E-state index in [1.54, 1.807) is 26.1 Å². The Hall–Kier alpha value is -2.16. The second-order valence-corrected chi connectivity index (χ2v) is 6.03. The smallest absolute Gasteiger partial charge is 0.319 e. The zero-order chi connectivity index (χ0) is 17.5. The molecule has 9 heteroatoms. The predicted octanol–water partition coefficient (Wildman–Crippen LogP) is 0.268. The van der Waals surface area contributed by atoms with Gasteiger partial charge in [0.25, 0.3) is 0 Å². The van der Waals surface area contributed by atoms with Gasteiger partial charge in [-0.1, -0.05) is 5.16 Å². The Kier molecular flexibility index (Phi) is 6.53. The molecule has 1 fully saturated rings. The molecule has 0 bridgehead atoms. The predicted molar refractivity (Wildman–Crippen MR) is 85.1 cm³/mol. The molecule has 1 aliphatic heterocycles. The topological polar surface area (TPSA) is 101 Å². The van der Waals surface area contributed by atoms with Crippen molar-refractivity contribution in [1.29, 1.82) is 0 Å². The van der Waals surface area contributed by atoms with E-state index < -0.39 is 0 Å². The van der Waals surface area contributed by atoms with Gasteiger partial charge in [-0.05, 0) is 12.8 Å². The van der Waals surface area contributed by atoms with Crippen molar-refractivity contribution in [1.82, 2.24) is 25.3 Å². The summed E-state index contributed by atoms with van der Waals surface area (Å²) in [6.45, 7) is 1.85. The molecule has 9 nitrogen and oxygen atoms in total. The summed E-state index contributed by atoms with van der Waals surface area (Å²) < 4.78 is 10.0. The normalized spacial score (nSPS) is 17.6. The quantitative estimate of drug-likeness (QED) is 0.798. The molecule has 1 saturated heterocycles. The Balaban J connectivity index is 1.81. The highest BCUT2D eigenvalue weighted by molar-refractivity contribution is 5.80. The minimum Gasteiger partial charge on any atom is -0.384 e. The lowest BCUT2D eigenvalue weighted by Crippen LogP contribution is -2.48. The van der Waals surface area contributed by atoms with Gasteiger partial charge in [0.15, 0.2) is 5.82 Å². The number of ether oxygens (including phenoxy) is 1. The summed E-state index contributed by atoms with van der Waals surface area (Å²) in [4.78, 5) is 31.8. The minimum atomic E-state index is -0.206. The fraction of sp³-hybridized carbons (Fsp3) is 0.733. The zero-order valence-electron chi connectivity index (χ0n) is 14.4. The molecule has 0 aromatic carbocycles. The number of hydrogen-bond acceptors (Lipinski definition) is 6. The Bertz CT molecular complexity index is 560. The number of piperidine rings is 1. The summed E-state index contributed by atoms with van der Waals surface area (Å²) in [5.74, 6) is 0.630. The lowest BCUT2D eigenvalue weighted by molar-refractivity contribution is -0.126. The maximum absolute atomic E-state index is 12.3. The van der Waals surface area contributed by atoms with Gasteiger partial charge in [-0.3, -0.25) is 4.79 Å². The third kappa shape index (κ3) is 4.92. The summed E-state index contributed by atoms with van der Waals surface area (Å²) >= 11 is 0. The number of amides is 3. The fourth-order valence-corrected chi connectivity index (χ4v) is 2.61. The van der Waals surface area contributed by atoms with E-state index in [-0.39, 0.29) is 24.4 Å². The maximum atomic E-state index is 12.3. The van der Waals surface area contributed by atoms with Gasteiger partial charge in [0.1, 0.15) is 0 Å². The van der Waals surface area contributed by atoms with Crippen LogP contribution in [-0.2, 0) is 22.5 Å². The minimum absolute atomic E-state index is 0.0616. The van der Waals surface area contributed by atoms with Gasteiger partial charge in [-0.2, -0.15) is 4.98 Å². The highest BCUT2D eigenvalue weighted by atomic mass is 16.5. The van der Waals surface area contributed by atoms with Crippen LogP contribution in [-0.4, -0.2) is 72.8 Å². The first-order chi connectivity index (χ1) is 11.5. The van der Waals surface area contributed by atoms with E-state index in [1.165, 1.54) is 4.90 Å². The number of methoxy groups -OCH3 is 1. The van der Waals surface area contributed by atoms with E-state index in [1.807, 2.05) is 0 Å². The van der Waals surface area contributed by atoms with Crippen molar-refractivity contribution in [3.63, 3.8) is 0 Å². The van der Waals surface area contributed by atoms with E-state index >= 15 is 0 Å². The number of carbonyl (C=O) groups is 2. The Morgan fingerprint density at radius 2 is 2.25 bits per heavy atom. The average Bonchev–Trinajstić information content (AvgIpc) is 3.05. The summed E-state index contributed by atoms with van der Waals surface area (Å²) in [5, 5.41) is 6.65. The molecule has 1 aromatic heterocycles. The van der Waals surface area contributed by atoms with Crippen molar-refractivity contribution in [2.45, 2.75) is 25.8 Å². The molecule has 1 unspecified atom stereocenters. The van der Waals surface area contributed by atoms with E-state index in [9.17, 15) is 9.59 Å². The number of aromatic nitrogens is 2. The first-order valence-corrected chi connectivity index (χ1v) is 8.05. The molecular formula is C15H25N5O4. The van der Waals surface area contributed by atoms with Crippen molar-refractivity contribution in [3.8, 4) is 0 Å². The van der Waals surface area contributed by atoms with Crippen molar-refractivity contribution in [2.75, 3.05) is 40.9 Å². The van der Waals surface area contributed by atoms with Gasteiger partial charge in [-0.25, -0.2) is 4.79 Å². The van der Waals surface area contributed by atoms with Crippen molar-refractivity contribution < 1.29 is 18.8 Å². The van der Waals surface area contributed by atoms with Gasteiger partial charge in [0.05, 0.1) is 25.5 Å². The standard InChI is InChI=1S/C15H25N5O4/c1-19(2)15(22)20-7-4-5-11(10-20)14(21)16-9-12-17-13(24-18-12)6-8-23-3/h11H,4-10H2,1-3H3,(H,16,21). The number of hydrogen-bond donors (Lipinski definition) is 1. The largest absolute Gasteiger partial charge is 0.384 e. The Labute approximate surface area is 141 Å². The number of rotatable bonds is 6. The first-order valence-electron chi connectivity index (χ1n) is 8.05. The molecule has 134 valence electrons. The molecule has 24 heavy (non-hydrogen) atoms. The third-order valence-corrected chi connectivity index (χ3v) is 3.90. The first kappa shape index (κ1) is 18.2. The number of likely N-dealkylation sites (tertiary alicyclic amines) is 1. The van der Waals surface area contributed by atoms with Crippen molar-refractivity contribution in [3.05, 3.63) is 11.7 Å². The molecule has 0 radical (unpaired) electrons. The lowest BCUT2D eigenvalue weighted by atomic mass is 9.97. The van der Waals surface area contributed by atoms with E-state index in [2.05, 4.69) is 15.5 Å². The summed E-state index contributed by atoms with van der Waals surface area (Å²) in [5.41, 5.74) is 0. The van der Waals surface area contributed by atoms with Gasteiger partial charge in [0.2, 0.25) is 11.8 Å². The van der Waals surface area contributed by atoms with Crippen molar-refractivity contribution in [2.24, 2.45) is 5.92 Å². The summed E-state index contributed by atoms with van der Waals surface area (Å²) in [6.07, 6.45) is 2.14. The second kappa shape index (κ2) is 8.62. The fourth-order valence-electron chi connectivity index (χ4n) is 2.61. The summed E-state index contributed by atoms with van der Waals surface area (Å²) in [6, 6.07) is -0.0616. The molecule has 2 rings (SSSR count). The van der Waals surface area contributed by atoms with E-state index in [0.29, 0.717) is 37.8 Å². The highest BCUT2D eigenvalue weighted by Crippen LogP contribution is 2.17. The van der Waals surface area contributed by atoms with Gasteiger partial charge >= 0.3 is 6.03 Å². The van der Waals surface area contributed by atoms with Crippen LogP contribution in [0.3, 0.4) is 0 Å². The van der Waals surface area contributed by atoms with Crippen LogP contribution in [0.25, 0.3) is 0 Å². The molecule has 0 spiro atoms. The molecule has 1 aromatic rings. The van der Waals surface area contributed by atoms with E-state index in [4.69, 9.17) is 9.26 Å². The average molecular weight is 339 g/mol. The van der Waals surface area contributed by atoms with Gasteiger partial charge < -0.3 is 24.4 Å². The number of nitrogens with zero attached hydrogens (tertiary/aromatic N) is 4. The number of nitrogens with one attached hydrogen (secondary N) is 1. The molecule has 1 atom stereocenters. The maximum Gasteiger partial charge on any atom is 0.319 e. The molecule has 1 aliphatic rings. The SMILES string of the molecule is COCCc1nc(CNC(=O)C2CCCN(C(=O)N(C)C)C2)no1. The molecule has 2 heterocycles. The van der Waals surface area contributed by atoms with Gasteiger partial charge in [-0.15, -0.1) is 0 Å². The van der Waals surface area contributed by atoms with Crippen LogP contribution in [0.15, 0.2) is 4.52 Å². The number of carbonyl (C=O) groups excluding carboxylic acids is 2. The van der Waals surface area contributed by atoms with Gasteiger partial charge in [0, 0.05) is 34.3 Å². The molecule has 0 aliphatic carbocycles. The van der Waals surface area contributed by atoms with Crippen LogP contribution in [0.4, 0.5) is 4.79 Å². The van der Waals surface area contributed by atoms with Crippen LogP contribution in [0.2, 0.25) is 0 Å². The van der Waals surface area contributed by atoms with Crippen molar-refractivity contribution >= 4 is 11.9 Å². The van der Waals surface area contributed by atoms with Crippen LogP contribution in [0.1, 0.15) is 24.6 Å². The van der Waals surface area contributed by atoms with Crippen LogP contribution in [0, 0.1) is 5.92 Å². The second-order valence-electron chi connectivity index (χ2n) is 6.03. The molecule has 3 amide bonds.